The fourth-order valence-corrected chi connectivity index (χ4v) is 3.62. The maximum absolute atomic E-state index is 11.5. The SMILES string of the molecule is CC(C1CC1)C(O)(Cn1ncnc1[S-])c1ccc(Cl)cc1Cl.[Na+]. The molecule has 2 unspecified atom stereocenters. The molecule has 1 aromatic carbocycles. The maximum Gasteiger partial charge on any atom is 1.00 e. The second-order valence-corrected chi connectivity index (χ2v) is 7.08. The average molecular weight is 380 g/mol. The van der Waals surface area contributed by atoms with E-state index >= 15 is 0 Å². The number of nitrogens with zero attached hydrogens (tertiary/aromatic N) is 3. The molecule has 0 radical (unpaired) electrons. The number of halogens is 2. The molecule has 4 nitrogen and oxygen atoms in total. The molecule has 3 rings (SSSR count). The average Bonchev–Trinajstić information content (AvgIpc) is 3.23. The maximum atomic E-state index is 11.5. The Morgan fingerprint density at radius 2 is 2.13 bits per heavy atom. The van der Waals surface area contributed by atoms with E-state index in [2.05, 4.69) is 10.1 Å². The van der Waals surface area contributed by atoms with Gasteiger partial charge in [0.15, 0.2) is 0 Å². The van der Waals surface area contributed by atoms with E-state index in [4.69, 9.17) is 35.8 Å². The quantitative estimate of drug-likeness (QED) is 0.604. The van der Waals surface area contributed by atoms with Crippen molar-refractivity contribution in [3.05, 3.63) is 40.1 Å². The van der Waals surface area contributed by atoms with E-state index in [-0.39, 0.29) is 42.0 Å². The molecule has 0 aliphatic heterocycles. The van der Waals surface area contributed by atoms with Gasteiger partial charge in [-0.05, 0) is 36.8 Å². The topological polar surface area (TPSA) is 50.9 Å². The van der Waals surface area contributed by atoms with Crippen LogP contribution in [0.1, 0.15) is 25.3 Å². The van der Waals surface area contributed by atoms with Crippen LogP contribution in [-0.2, 0) is 24.8 Å². The van der Waals surface area contributed by atoms with Crippen molar-refractivity contribution in [2.75, 3.05) is 0 Å². The molecule has 0 bridgehead atoms. The van der Waals surface area contributed by atoms with Gasteiger partial charge in [0.2, 0.25) is 0 Å². The largest absolute Gasteiger partial charge is 1.00 e. The molecule has 0 spiro atoms. The van der Waals surface area contributed by atoms with Gasteiger partial charge < -0.3 is 17.7 Å². The fraction of sp³-hybridized carbons (Fsp3) is 0.467. The number of aromatic nitrogens is 3. The Kier molecular flexibility index (Phi) is 6.39. The monoisotopic (exact) mass is 379 g/mol. The van der Waals surface area contributed by atoms with Crippen molar-refractivity contribution >= 4 is 35.8 Å². The molecule has 23 heavy (non-hydrogen) atoms. The van der Waals surface area contributed by atoms with Crippen LogP contribution < -0.4 is 29.6 Å². The molecular formula is C15H16Cl2N3NaOS. The van der Waals surface area contributed by atoms with E-state index in [9.17, 15) is 5.11 Å². The molecule has 1 aromatic heterocycles. The summed E-state index contributed by atoms with van der Waals surface area (Å²) in [6.07, 6.45) is 3.63. The first-order valence-electron chi connectivity index (χ1n) is 7.14. The summed E-state index contributed by atoms with van der Waals surface area (Å²) in [6.45, 7) is 2.27. The Bertz CT molecular complexity index is 695. The van der Waals surface area contributed by atoms with E-state index in [0.717, 1.165) is 12.8 Å². The zero-order valence-electron chi connectivity index (χ0n) is 13.0. The standard InChI is InChI=1S/C15H17Cl2N3OS.Na/c1-9(10-2-3-10)15(21,7-20-14(22)18-8-19-20)12-5-4-11(16)6-13(12)17;/h4-6,8-10,21H,2-3,7H2,1H3,(H,18,19,22);/q;+1/p-1. The molecule has 1 aliphatic rings. The smallest absolute Gasteiger partial charge is 0.740 e. The van der Waals surface area contributed by atoms with E-state index in [1.807, 2.05) is 6.92 Å². The molecule has 1 N–H and O–H groups in total. The van der Waals surface area contributed by atoms with Gasteiger partial charge in [0, 0.05) is 20.8 Å². The number of benzene rings is 1. The molecule has 8 heteroatoms. The van der Waals surface area contributed by atoms with Crippen LogP contribution in [0, 0.1) is 11.8 Å². The summed E-state index contributed by atoms with van der Waals surface area (Å²) < 4.78 is 1.54. The van der Waals surface area contributed by atoms with Crippen LogP contribution in [-0.4, -0.2) is 19.9 Å². The van der Waals surface area contributed by atoms with Crippen LogP contribution in [0.3, 0.4) is 0 Å². The molecule has 2 atom stereocenters. The summed E-state index contributed by atoms with van der Waals surface area (Å²) in [5.74, 6) is 0.513. The number of hydrogen-bond donors (Lipinski definition) is 1. The van der Waals surface area contributed by atoms with E-state index in [1.54, 1.807) is 22.9 Å². The minimum absolute atomic E-state index is 0. The molecule has 118 valence electrons. The normalized spacial score (nSPS) is 18.1. The van der Waals surface area contributed by atoms with E-state index in [0.29, 0.717) is 26.7 Å². The molecule has 1 saturated carbocycles. The molecule has 2 aromatic rings. The Labute approximate surface area is 173 Å². The Morgan fingerprint density at radius 3 is 2.65 bits per heavy atom. The first-order chi connectivity index (χ1) is 10.4. The van der Waals surface area contributed by atoms with Crippen LogP contribution in [0.15, 0.2) is 29.7 Å². The van der Waals surface area contributed by atoms with Crippen LogP contribution in [0.4, 0.5) is 0 Å². The van der Waals surface area contributed by atoms with Gasteiger partial charge >= 0.3 is 29.6 Å². The van der Waals surface area contributed by atoms with Crippen LogP contribution >= 0.6 is 23.2 Å². The van der Waals surface area contributed by atoms with Gasteiger partial charge in [-0.1, -0.05) is 36.2 Å². The summed E-state index contributed by atoms with van der Waals surface area (Å²) in [7, 11) is 0. The van der Waals surface area contributed by atoms with Crippen molar-refractivity contribution in [3.63, 3.8) is 0 Å². The Hall–Kier alpha value is 0.120. The third-order valence-corrected chi connectivity index (χ3v) is 5.31. The third kappa shape index (κ3) is 4.03. The van der Waals surface area contributed by atoms with E-state index < -0.39 is 5.60 Å². The molecule has 1 aliphatic carbocycles. The van der Waals surface area contributed by atoms with Crippen molar-refractivity contribution in [2.24, 2.45) is 11.8 Å². The van der Waals surface area contributed by atoms with Crippen LogP contribution in [0.2, 0.25) is 10.0 Å². The van der Waals surface area contributed by atoms with Gasteiger partial charge in [-0.3, -0.25) is 4.68 Å². The predicted molar refractivity (Wildman–Crippen MR) is 87.9 cm³/mol. The molecular weight excluding hydrogens is 364 g/mol. The second-order valence-electron chi connectivity index (χ2n) is 5.87. The zero-order chi connectivity index (χ0) is 15.9. The summed E-state index contributed by atoms with van der Waals surface area (Å²) in [6, 6.07) is 5.17. The minimum Gasteiger partial charge on any atom is -0.740 e. The first-order valence-corrected chi connectivity index (χ1v) is 8.31. The first kappa shape index (κ1) is 19.4. The molecule has 1 heterocycles. The van der Waals surface area contributed by atoms with Gasteiger partial charge in [0.1, 0.15) is 11.9 Å². The van der Waals surface area contributed by atoms with Gasteiger partial charge in [-0.15, -0.1) is 0 Å². The second kappa shape index (κ2) is 7.56. The van der Waals surface area contributed by atoms with Gasteiger partial charge in [0.05, 0.1) is 6.54 Å². The van der Waals surface area contributed by atoms with Crippen molar-refractivity contribution < 1.29 is 34.7 Å². The predicted octanol–water partition coefficient (Wildman–Crippen LogP) is 0.429. The van der Waals surface area contributed by atoms with Crippen molar-refractivity contribution in [1.29, 1.82) is 0 Å². The molecule has 0 saturated heterocycles. The summed E-state index contributed by atoms with van der Waals surface area (Å²) in [4.78, 5) is 3.95. The minimum atomic E-state index is -1.16. The fourth-order valence-electron chi connectivity index (χ4n) is 2.89. The van der Waals surface area contributed by atoms with Crippen LogP contribution in [0.25, 0.3) is 0 Å². The Morgan fingerprint density at radius 1 is 1.43 bits per heavy atom. The van der Waals surface area contributed by atoms with Crippen molar-refractivity contribution in [1.82, 2.24) is 14.8 Å². The number of rotatable bonds is 5. The van der Waals surface area contributed by atoms with Gasteiger partial charge in [-0.25, -0.2) is 4.98 Å². The number of aliphatic hydroxyl groups is 1. The van der Waals surface area contributed by atoms with Gasteiger partial charge in [-0.2, -0.15) is 5.10 Å². The summed E-state index contributed by atoms with van der Waals surface area (Å²) in [5.41, 5.74) is -0.507. The number of hydrogen-bond acceptors (Lipinski definition) is 4. The molecule has 1 fully saturated rings. The van der Waals surface area contributed by atoms with Crippen molar-refractivity contribution in [2.45, 2.75) is 37.1 Å². The Balaban J connectivity index is 0.00000192. The summed E-state index contributed by atoms with van der Waals surface area (Å²) >= 11 is 17.5. The van der Waals surface area contributed by atoms with Crippen LogP contribution in [0.5, 0.6) is 0 Å². The summed E-state index contributed by atoms with van der Waals surface area (Å²) in [5, 5.41) is 16.9. The van der Waals surface area contributed by atoms with Crippen molar-refractivity contribution in [3.8, 4) is 0 Å². The van der Waals surface area contributed by atoms with Gasteiger partial charge in [0.25, 0.3) is 0 Å². The molecule has 0 amide bonds. The van der Waals surface area contributed by atoms with E-state index in [1.165, 1.54) is 6.33 Å². The zero-order valence-corrected chi connectivity index (χ0v) is 17.4. The third-order valence-electron chi connectivity index (χ3n) is 4.45.